The molecular weight excluding hydrogens is 368 g/mol. The average Bonchev–Trinajstić information content (AvgIpc) is 3.27. The Bertz CT molecular complexity index is 1160. The van der Waals surface area contributed by atoms with Crippen molar-refractivity contribution in [1.29, 1.82) is 5.26 Å². The number of carbonyl (C=O) groups excluding carboxylic acids is 1. The van der Waals surface area contributed by atoms with Crippen molar-refractivity contribution >= 4 is 39.7 Å². The second-order valence-electron chi connectivity index (χ2n) is 6.11. The summed E-state index contributed by atoms with van der Waals surface area (Å²) in [5.74, 6) is -0.0153. The Morgan fingerprint density at radius 3 is 2.57 bits per heavy atom. The molecule has 2 N–H and O–H groups in total. The van der Waals surface area contributed by atoms with Gasteiger partial charge in [-0.05, 0) is 23.1 Å². The molecule has 0 aliphatic heterocycles. The van der Waals surface area contributed by atoms with Gasteiger partial charge >= 0.3 is 0 Å². The van der Waals surface area contributed by atoms with Crippen LogP contribution in [0.15, 0.2) is 72.1 Å². The van der Waals surface area contributed by atoms with Gasteiger partial charge < -0.3 is 10.6 Å². The lowest BCUT2D eigenvalue weighted by molar-refractivity contribution is 0.103. The molecule has 0 fully saturated rings. The third kappa shape index (κ3) is 3.56. The fraction of sp³-hybridized carbons (Fsp3) is 0.0455. The summed E-state index contributed by atoms with van der Waals surface area (Å²) in [4.78, 5) is 17.6. The lowest BCUT2D eigenvalue weighted by Crippen LogP contribution is -2.14. The maximum atomic E-state index is 12.5. The van der Waals surface area contributed by atoms with Crippen LogP contribution in [0.4, 0.5) is 11.5 Å². The zero-order valence-corrected chi connectivity index (χ0v) is 15.7. The van der Waals surface area contributed by atoms with Gasteiger partial charge in [-0.2, -0.15) is 5.26 Å². The highest BCUT2D eigenvalue weighted by atomic mass is 32.1. The number of hydrogen-bond acceptors (Lipinski definition) is 5. The molecule has 0 unspecified atom stereocenters. The molecular formula is C22H16N4OS. The van der Waals surface area contributed by atoms with E-state index in [1.54, 1.807) is 6.07 Å². The smallest absolute Gasteiger partial charge is 0.266 e. The molecule has 6 heteroatoms. The van der Waals surface area contributed by atoms with E-state index in [1.807, 2.05) is 66.0 Å². The van der Waals surface area contributed by atoms with Crippen molar-refractivity contribution in [1.82, 2.24) is 4.98 Å². The summed E-state index contributed by atoms with van der Waals surface area (Å²) in [6.07, 6.45) is 0. The van der Waals surface area contributed by atoms with Crippen LogP contribution in [-0.2, 0) is 6.54 Å². The summed E-state index contributed by atoms with van der Waals surface area (Å²) in [6.45, 7) is 0.557. The minimum absolute atomic E-state index is 0.259. The lowest BCUT2D eigenvalue weighted by Gasteiger charge is -2.15. The maximum absolute atomic E-state index is 12.5. The predicted molar refractivity (Wildman–Crippen MR) is 112 cm³/mol. The Morgan fingerprint density at radius 1 is 1.04 bits per heavy atom. The number of anilines is 2. The zero-order valence-electron chi connectivity index (χ0n) is 14.8. The molecule has 2 aromatic carbocycles. The van der Waals surface area contributed by atoms with Gasteiger partial charge in [-0.25, -0.2) is 4.98 Å². The Hall–Kier alpha value is -3.69. The van der Waals surface area contributed by atoms with E-state index in [1.165, 1.54) is 11.3 Å². The van der Waals surface area contributed by atoms with Gasteiger partial charge in [0.25, 0.3) is 5.91 Å². The fourth-order valence-corrected chi connectivity index (χ4v) is 3.58. The van der Waals surface area contributed by atoms with Gasteiger partial charge in [0, 0.05) is 11.9 Å². The SMILES string of the molecule is N#Cc1c(NC(=O)c2cccs2)nc2ccccc2c1NCc1ccccc1. The van der Waals surface area contributed by atoms with Crippen LogP contribution in [0.5, 0.6) is 0 Å². The molecule has 0 aliphatic rings. The molecule has 0 saturated carbocycles. The van der Waals surface area contributed by atoms with Crippen molar-refractivity contribution in [3.8, 4) is 6.07 Å². The van der Waals surface area contributed by atoms with Crippen molar-refractivity contribution in [2.75, 3.05) is 10.6 Å². The number of carbonyl (C=O) groups is 1. The molecule has 136 valence electrons. The van der Waals surface area contributed by atoms with E-state index in [-0.39, 0.29) is 11.7 Å². The number of thiophene rings is 1. The summed E-state index contributed by atoms with van der Waals surface area (Å²) in [7, 11) is 0. The van der Waals surface area contributed by atoms with E-state index in [2.05, 4.69) is 21.7 Å². The molecule has 4 rings (SSSR count). The largest absolute Gasteiger partial charge is 0.379 e. The van der Waals surface area contributed by atoms with Crippen molar-refractivity contribution < 1.29 is 4.79 Å². The molecule has 0 atom stereocenters. The van der Waals surface area contributed by atoms with Crippen LogP contribution in [0, 0.1) is 11.3 Å². The van der Waals surface area contributed by atoms with Crippen molar-refractivity contribution in [3.05, 3.63) is 88.1 Å². The van der Waals surface area contributed by atoms with Gasteiger partial charge in [-0.1, -0.05) is 54.6 Å². The summed E-state index contributed by atoms with van der Waals surface area (Å²) < 4.78 is 0. The minimum atomic E-state index is -0.275. The van der Waals surface area contributed by atoms with Crippen LogP contribution in [0.25, 0.3) is 10.9 Å². The Balaban J connectivity index is 1.75. The van der Waals surface area contributed by atoms with Gasteiger partial charge in [0.15, 0.2) is 5.82 Å². The van der Waals surface area contributed by atoms with Crippen LogP contribution in [0.2, 0.25) is 0 Å². The number of benzene rings is 2. The molecule has 0 spiro atoms. The monoisotopic (exact) mass is 384 g/mol. The normalized spacial score (nSPS) is 10.4. The van der Waals surface area contributed by atoms with E-state index in [0.717, 1.165) is 10.9 Å². The minimum Gasteiger partial charge on any atom is -0.379 e. The Morgan fingerprint density at radius 2 is 1.82 bits per heavy atom. The van der Waals surface area contributed by atoms with Gasteiger partial charge in [0.05, 0.1) is 16.1 Å². The first-order valence-corrected chi connectivity index (χ1v) is 9.59. The van der Waals surface area contributed by atoms with Gasteiger partial charge in [-0.3, -0.25) is 4.79 Å². The van der Waals surface area contributed by atoms with Crippen molar-refractivity contribution in [2.24, 2.45) is 0 Å². The van der Waals surface area contributed by atoms with Crippen LogP contribution in [-0.4, -0.2) is 10.9 Å². The van der Waals surface area contributed by atoms with Crippen LogP contribution < -0.4 is 10.6 Å². The van der Waals surface area contributed by atoms with Crippen molar-refractivity contribution in [3.63, 3.8) is 0 Å². The highest BCUT2D eigenvalue weighted by Crippen LogP contribution is 2.31. The molecule has 2 heterocycles. The first-order chi connectivity index (χ1) is 13.8. The molecule has 0 radical (unpaired) electrons. The van der Waals surface area contributed by atoms with E-state index in [9.17, 15) is 10.1 Å². The molecule has 1 amide bonds. The molecule has 28 heavy (non-hydrogen) atoms. The number of fused-ring (bicyclic) bond motifs is 1. The topological polar surface area (TPSA) is 77.8 Å². The van der Waals surface area contributed by atoms with Crippen LogP contribution in [0.3, 0.4) is 0 Å². The van der Waals surface area contributed by atoms with E-state index >= 15 is 0 Å². The fourth-order valence-electron chi connectivity index (χ4n) is 2.96. The third-order valence-corrected chi connectivity index (χ3v) is 5.16. The Kier molecular flexibility index (Phi) is 5.00. The first kappa shape index (κ1) is 17.7. The first-order valence-electron chi connectivity index (χ1n) is 8.72. The highest BCUT2D eigenvalue weighted by Gasteiger charge is 2.18. The highest BCUT2D eigenvalue weighted by molar-refractivity contribution is 7.12. The number of nitrogens with zero attached hydrogens (tertiary/aromatic N) is 2. The lowest BCUT2D eigenvalue weighted by atomic mass is 10.1. The Labute approximate surface area is 166 Å². The summed E-state index contributed by atoms with van der Waals surface area (Å²) >= 11 is 1.34. The van der Waals surface area contributed by atoms with Crippen LogP contribution >= 0.6 is 11.3 Å². The molecule has 4 aromatic rings. The van der Waals surface area contributed by atoms with Crippen molar-refractivity contribution in [2.45, 2.75) is 6.54 Å². The number of nitriles is 1. The molecule has 0 bridgehead atoms. The zero-order chi connectivity index (χ0) is 19.3. The second kappa shape index (κ2) is 7.91. The number of aromatic nitrogens is 1. The number of pyridine rings is 1. The third-order valence-electron chi connectivity index (χ3n) is 4.29. The number of hydrogen-bond donors (Lipinski definition) is 2. The quantitative estimate of drug-likeness (QED) is 0.506. The van der Waals surface area contributed by atoms with E-state index < -0.39 is 0 Å². The predicted octanol–water partition coefficient (Wildman–Crippen LogP) is 5.03. The number of nitrogens with one attached hydrogen (secondary N) is 2. The molecule has 5 nitrogen and oxygen atoms in total. The average molecular weight is 384 g/mol. The van der Waals surface area contributed by atoms with E-state index in [4.69, 9.17) is 0 Å². The summed E-state index contributed by atoms with van der Waals surface area (Å²) in [5.41, 5.74) is 2.79. The van der Waals surface area contributed by atoms with Gasteiger partial charge in [-0.15, -0.1) is 11.3 Å². The molecule has 0 saturated heterocycles. The maximum Gasteiger partial charge on any atom is 0.266 e. The number of rotatable bonds is 5. The number of amides is 1. The second-order valence-corrected chi connectivity index (χ2v) is 7.06. The molecule has 2 aromatic heterocycles. The summed E-state index contributed by atoms with van der Waals surface area (Å²) in [6, 6.07) is 23.3. The molecule has 0 aliphatic carbocycles. The van der Waals surface area contributed by atoms with E-state index in [0.29, 0.717) is 28.2 Å². The van der Waals surface area contributed by atoms with Gasteiger partial charge in [0.2, 0.25) is 0 Å². The van der Waals surface area contributed by atoms with Crippen LogP contribution in [0.1, 0.15) is 20.8 Å². The standard InChI is InChI=1S/C22H16N4OS/c23-13-17-20(24-14-15-7-2-1-3-8-15)16-9-4-5-10-18(16)25-21(17)26-22(27)19-11-6-12-28-19/h1-12H,14H2,(H2,24,25,26,27). The number of para-hydroxylation sites is 1. The summed E-state index contributed by atoms with van der Waals surface area (Å²) in [5, 5.41) is 18.6. The van der Waals surface area contributed by atoms with Gasteiger partial charge in [0.1, 0.15) is 11.6 Å².